The van der Waals surface area contributed by atoms with E-state index in [4.69, 9.17) is 11.6 Å². The number of aromatic amines is 1. The van der Waals surface area contributed by atoms with Crippen LogP contribution < -0.4 is 10.5 Å². The van der Waals surface area contributed by atoms with Crippen molar-refractivity contribution in [3.8, 4) is 11.1 Å². The zero-order valence-electron chi connectivity index (χ0n) is 14.1. The number of nitrogens with one attached hydrogen (secondary N) is 2. The largest absolute Gasteiger partial charge is 0.327 e. The summed E-state index contributed by atoms with van der Waals surface area (Å²) in [5.41, 5.74) is 3.10. The smallest absolute Gasteiger partial charge is 0.260 e. The molecule has 132 valence electrons. The third-order valence-corrected chi connectivity index (χ3v) is 6.06. The summed E-state index contributed by atoms with van der Waals surface area (Å²) in [6.45, 7) is 1.58. The van der Waals surface area contributed by atoms with Crippen molar-refractivity contribution >= 4 is 44.5 Å². The molecule has 0 spiro atoms. The van der Waals surface area contributed by atoms with Gasteiger partial charge in [-0.3, -0.25) is 4.79 Å². The molecule has 0 saturated carbocycles. The fourth-order valence-corrected chi connectivity index (χ4v) is 4.77. The monoisotopic (exact) mass is 402 g/mol. The molecule has 4 nitrogen and oxygen atoms in total. The minimum atomic E-state index is -0.0838. The Hall–Kier alpha value is -1.99. The number of aromatic nitrogens is 2. The first-order chi connectivity index (χ1) is 12.6. The van der Waals surface area contributed by atoms with Gasteiger partial charge in [-0.1, -0.05) is 23.7 Å². The average molecular weight is 403 g/mol. The van der Waals surface area contributed by atoms with Crippen LogP contribution in [-0.2, 0) is 13.1 Å². The van der Waals surface area contributed by atoms with E-state index in [1.807, 2.05) is 29.6 Å². The second-order valence-electron chi connectivity index (χ2n) is 6.29. The molecule has 0 radical (unpaired) electrons. The molecular formula is C19H17ClN3OS2+. The fourth-order valence-electron chi connectivity index (χ4n) is 3.01. The van der Waals surface area contributed by atoms with Gasteiger partial charge in [0.15, 0.2) is 5.82 Å². The van der Waals surface area contributed by atoms with Crippen molar-refractivity contribution in [2.75, 3.05) is 7.05 Å². The molecule has 0 amide bonds. The van der Waals surface area contributed by atoms with Gasteiger partial charge >= 0.3 is 0 Å². The lowest BCUT2D eigenvalue weighted by molar-refractivity contribution is -0.908. The average Bonchev–Trinajstić information content (AvgIpc) is 3.25. The van der Waals surface area contributed by atoms with Crippen molar-refractivity contribution in [2.24, 2.45) is 0 Å². The van der Waals surface area contributed by atoms with Crippen LogP contribution in [0.1, 0.15) is 11.4 Å². The molecule has 0 aliphatic carbocycles. The van der Waals surface area contributed by atoms with E-state index in [1.165, 1.54) is 21.8 Å². The number of benzene rings is 1. The highest BCUT2D eigenvalue weighted by Gasteiger charge is 2.15. The number of thiophene rings is 2. The van der Waals surface area contributed by atoms with Crippen LogP contribution in [0.25, 0.3) is 21.3 Å². The quantitative estimate of drug-likeness (QED) is 0.536. The van der Waals surface area contributed by atoms with Gasteiger partial charge in [-0.25, -0.2) is 4.98 Å². The van der Waals surface area contributed by atoms with Crippen molar-refractivity contribution in [3.05, 3.63) is 73.2 Å². The van der Waals surface area contributed by atoms with E-state index in [0.717, 1.165) is 28.3 Å². The maximum absolute atomic E-state index is 12.7. The third-order valence-electron chi connectivity index (χ3n) is 4.20. The lowest BCUT2D eigenvalue weighted by Gasteiger charge is -2.12. The summed E-state index contributed by atoms with van der Waals surface area (Å²) in [5, 5.41) is 7.55. The number of fused-ring (bicyclic) bond motifs is 1. The van der Waals surface area contributed by atoms with Gasteiger partial charge in [0.1, 0.15) is 17.9 Å². The minimum absolute atomic E-state index is 0.0838. The summed E-state index contributed by atoms with van der Waals surface area (Å²) in [7, 11) is 2.11. The molecule has 0 bridgehead atoms. The zero-order chi connectivity index (χ0) is 18.1. The van der Waals surface area contributed by atoms with Crippen molar-refractivity contribution in [1.29, 1.82) is 0 Å². The highest BCUT2D eigenvalue weighted by atomic mass is 35.5. The Balaban J connectivity index is 1.63. The number of H-pyrrole nitrogens is 1. The number of hydrogen-bond acceptors (Lipinski definition) is 4. The molecule has 2 N–H and O–H groups in total. The van der Waals surface area contributed by atoms with E-state index in [0.29, 0.717) is 17.0 Å². The van der Waals surface area contributed by atoms with Gasteiger partial charge in [0.2, 0.25) is 0 Å². The number of quaternary nitrogens is 1. The molecule has 7 heteroatoms. The van der Waals surface area contributed by atoms with Crippen molar-refractivity contribution < 1.29 is 4.90 Å². The Morgan fingerprint density at radius 1 is 1.15 bits per heavy atom. The Kier molecular flexibility index (Phi) is 4.91. The summed E-state index contributed by atoms with van der Waals surface area (Å²) >= 11 is 9.17. The van der Waals surface area contributed by atoms with Gasteiger partial charge in [-0.2, -0.15) is 11.3 Å². The summed E-state index contributed by atoms with van der Waals surface area (Å²) in [6, 6.07) is 9.65. The first-order valence-corrected chi connectivity index (χ1v) is 10.4. The van der Waals surface area contributed by atoms with Crippen molar-refractivity contribution in [3.63, 3.8) is 0 Å². The van der Waals surface area contributed by atoms with Crippen molar-refractivity contribution in [1.82, 2.24) is 9.97 Å². The van der Waals surface area contributed by atoms with Gasteiger partial charge in [0.25, 0.3) is 5.56 Å². The molecule has 26 heavy (non-hydrogen) atoms. The molecular weight excluding hydrogens is 386 g/mol. The molecule has 4 aromatic rings. The number of nitrogens with zero attached hydrogens (tertiary/aromatic N) is 1. The van der Waals surface area contributed by atoms with Crippen LogP contribution >= 0.6 is 34.3 Å². The first kappa shape index (κ1) is 17.4. The zero-order valence-corrected chi connectivity index (χ0v) is 16.5. The molecule has 0 saturated heterocycles. The van der Waals surface area contributed by atoms with Crippen LogP contribution in [0, 0.1) is 0 Å². The molecule has 4 rings (SSSR count). The molecule has 0 aliphatic heterocycles. The van der Waals surface area contributed by atoms with Crippen LogP contribution in [0.5, 0.6) is 0 Å². The molecule has 0 fully saturated rings. The van der Waals surface area contributed by atoms with Gasteiger partial charge in [0.05, 0.1) is 12.4 Å². The maximum Gasteiger partial charge on any atom is 0.260 e. The van der Waals surface area contributed by atoms with E-state index < -0.39 is 0 Å². The first-order valence-electron chi connectivity index (χ1n) is 8.19. The molecule has 3 aromatic heterocycles. The second kappa shape index (κ2) is 7.32. The Morgan fingerprint density at radius 3 is 2.69 bits per heavy atom. The van der Waals surface area contributed by atoms with Gasteiger partial charge in [-0.05, 0) is 34.5 Å². The lowest BCUT2D eigenvalue weighted by Crippen LogP contribution is -3.06. The Labute approximate surface area is 163 Å². The Morgan fingerprint density at radius 2 is 1.96 bits per heavy atom. The highest BCUT2D eigenvalue weighted by Crippen LogP contribution is 2.31. The van der Waals surface area contributed by atoms with Gasteiger partial charge < -0.3 is 9.88 Å². The SMILES string of the molecule is C[NH+](Cc1ccsc1)Cc1nc2scc(-c3ccc(Cl)cc3)c2c(=O)[nH]1. The Bertz CT molecular complexity index is 1080. The normalized spacial score (nSPS) is 12.5. The van der Waals surface area contributed by atoms with Gasteiger partial charge in [0, 0.05) is 21.5 Å². The van der Waals surface area contributed by atoms with E-state index in [-0.39, 0.29) is 5.56 Å². The van der Waals surface area contributed by atoms with Crippen LogP contribution in [-0.4, -0.2) is 17.0 Å². The summed E-state index contributed by atoms with van der Waals surface area (Å²) in [6.07, 6.45) is 0. The minimum Gasteiger partial charge on any atom is -0.327 e. The molecule has 1 aromatic carbocycles. The van der Waals surface area contributed by atoms with E-state index in [1.54, 1.807) is 11.3 Å². The van der Waals surface area contributed by atoms with Crippen LogP contribution in [0.3, 0.4) is 0 Å². The predicted octanol–water partition coefficient (Wildman–Crippen LogP) is 3.58. The van der Waals surface area contributed by atoms with Crippen LogP contribution in [0.4, 0.5) is 0 Å². The van der Waals surface area contributed by atoms with E-state index in [2.05, 4.69) is 33.8 Å². The summed E-state index contributed by atoms with van der Waals surface area (Å²) in [5.74, 6) is 0.722. The second-order valence-corrected chi connectivity index (χ2v) is 8.37. The highest BCUT2D eigenvalue weighted by molar-refractivity contribution is 7.17. The number of rotatable bonds is 5. The van der Waals surface area contributed by atoms with Crippen molar-refractivity contribution in [2.45, 2.75) is 13.1 Å². The summed E-state index contributed by atoms with van der Waals surface area (Å²) in [4.78, 5) is 22.4. The van der Waals surface area contributed by atoms with Crippen LogP contribution in [0.15, 0.2) is 51.3 Å². The lowest BCUT2D eigenvalue weighted by atomic mass is 10.1. The third kappa shape index (κ3) is 3.59. The number of halogens is 1. The molecule has 1 atom stereocenters. The number of hydrogen-bond donors (Lipinski definition) is 2. The van der Waals surface area contributed by atoms with E-state index in [9.17, 15) is 4.79 Å². The topological polar surface area (TPSA) is 50.2 Å². The fraction of sp³-hybridized carbons (Fsp3) is 0.158. The van der Waals surface area contributed by atoms with Gasteiger partial charge in [-0.15, -0.1) is 11.3 Å². The van der Waals surface area contributed by atoms with Crippen LogP contribution in [0.2, 0.25) is 5.02 Å². The predicted molar refractivity (Wildman–Crippen MR) is 109 cm³/mol. The standard InChI is InChI=1S/C19H16ClN3OS2/c1-23(8-12-6-7-25-10-12)9-16-21-18(24)17-15(11-26-19(17)22-16)13-2-4-14(20)5-3-13/h2-7,10-11H,8-9H2,1H3,(H,21,22,24)/p+1. The molecule has 0 aliphatic rings. The molecule has 1 unspecified atom stereocenters. The maximum atomic E-state index is 12.7. The van der Waals surface area contributed by atoms with E-state index >= 15 is 0 Å². The summed E-state index contributed by atoms with van der Waals surface area (Å²) < 4.78 is 0. The molecule has 3 heterocycles.